The van der Waals surface area contributed by atoms with Gasteiger partial charge in [-0.1, -0.05) is 6.07 Å². The number of fused-ring (bicyclic) bond motifs is 1. The van der Waals surface area contributed by atoms with Gasteiger partial charge in [0.1, 0.15) is 17.7 Å². The van der Waals surface area contributed by atoms with Crippen LogP contribution in [0.3, 0.4) is 0 Å². The summed E-state index contributed by atoms with van der Waals surface area (Å²) in [5.41, 5.74) is 2.84. The number of nitrogens with zero attached hydrogens (tertiary/aromatic N) is 3. The lowest BCUT2D eigenvalue weighted by Gasteiger charge is -2.31. The second-order valence-electron chi connectivity index (χ2n) is 7.33. The quantitative estimate of drug-likeness (QED) is 0.792. The summed E-state index contributed by atoms with van der Waals surface area (Å²) in [6.45, 7) is 0.803. The molecule has 7 heteroatoms. The summed E-state index contributed by atoms with van der Waals surface area (Å²) in [6, 6.07) is 11.0. The molecule has 1 aromatic carbocycles. The van der Waals surface area contributed by atoms with E-state index in [9.17, 15) is 8.42 Å². The zero-order chi connectivity index (χ0) is 19.6. The van der Waals surface area contributed by atoms with Crippen molar-refractivity contribution in [3.63, 3.8) is 0 Å². The van der Waals surface area contributed by atoms with Crippen LogP contribution >= 0.6 is 0 Å². The van der Waals surface area contributed by atoms with E-state index in [4.69, 9.17) is 10.00 Å². The molecule has 0 radical (unpaired) electrons. The Kier molecular flexibility index (Phi) is 5.33. The van der Waals surface area contributed by atoms with Gasteiger partial charge in [0.05, 0.1) is 4.90 Å². The fourth-order valence-corrected chi connectivity index (χ4v) is 5.46. The number of aromatic nitrogens is 1. The van der Waals surface area contributed by atoms with Crippen LogP contribution < -0.4 is 4.74 Å². The molecule has 0 bridgehead atoms. The van der Waals surface area contributed by atoms with Crippen LogP contribution in [-0.2, 0) is 22.9 Å². The Balaban J connectivity index is 1.44. The van der Waals surface area contributed by atoms with E-state index >= 15 is 0 Å². The Morgan fingerprint density at radius 2 is 1.86 bits per heavy atom. The van der Waals surface area contributed by atoms with Crippen LogP contribution in [0.15, 0.2) is 41.4 Å². The number of benzene rings is 1. The monoisotopic (exact) mass is 397 g/mol. The van der Waals surface area contributed by atoms with E-state index in [0.717, 1.165) is 19.3 Å². The molecule has 0 spiro atoms. The normalized spacial score (nSPS) is 18.2. The number of aryl methyl sites for hydroxylation is 2. The molecule has 28 heavy (non-hydrogen) atoms. The van der Waals surface area contributed by atoms with Crippen molar-refractivity contribution in [2.24, 2.45) is 0 Å². The van der Waals surface area contributed by atoms with Crippen molar-refractivity contribution in [3.8, 4) is 11.9 Å². The molecule has 0 unspecified atom stereocenters. The first-order valence-electron chi connectivity index (χ1n) is 9.71. The highest BCUT2D eigenvalue weighted by Gasteiger charge is 2.31. The van der Waals surface area contributed by atoms with Crippen LogP contribution in [0.25, 0.3) is 0 Å². The summed E-state index contributed by atoms with van der Waals surface area (Å²) in [6.07, 6.45) is 6.89. The van der Waals surface area contributed by atoms with E-state index in [1.165, 1.54) is 17.5 Å². The second kappa shape index (κ2) is 7.90. The fraction of sp³-hybridized carbons (Fsp3) is 0.429. The standard InChI is InChI=1S/C21H23N3O3S/c22-15-18-6-3-11-23-21(18)27-19-9-12-24(13-10-19)28(25,26)20-8-7-16-4-1-2-5-17(16)14-20/h3,6-8,11,14,19H,1-2,4-5,9-10,12-13H2. The van der Waals surface area contributed by atoms with Gasteiger partial charge in [-0.05, 0) is 73.9 Å². The molecule has 2 aliphatic rings. The van der Waals surface area contributed by atoms with E-state index < -0.39 is 10.0 Å². The summed E-state index contributed by atoms with van der Waals surface area (Å²) in [4.78, 5) is 4.52. The van der Waals surface area contributed by atoms with E-state index in [2.05, 4.69) is 11.1 Å². The molecule has 1 saturated heterocycles. The lowest BCUT2D eigenvalue weighted by atomic mass is 9.92. The van der Waals surface area contributed by atoms with Gasteiger partial charge in [0.25, 0.3) is 0 Å². The molecule has 6 nitrogen and oxygen atoms in total. The summed E-state index contributed by atoms with van der Waals surface area (Å²) < 4.78 is 33.5. The number of pyridine rings is 1. The fourth-order valence-electron chi connectivity index (χ4n) is 3.94. The van der Waals surface area contributed by atoms with Crippen molar-refractivity contribution in [2.45, 2.75) is 49.5 Å². The molecule has 1 aliphatic heterocycles. The Morgan fingerprint density at radius 1 is 1.11 bits per heavy atom. The molecule has 146 valence electrons. The molecular formula is C21H23N3O3S. The van der Waals surface area contributed by atoms with Crippen LogP contribution in [0.1, 0.15) is 42.4 Å². The average molecular weight is 398 g/mol. The van der Waals surface area contributed by atoms with Crippen LogP contribution in [-0.4, -0.2) is 36.9 Å². The number of nitriles is 1. The molecule has 1 fully saturated rings. The summed E-state index contributed by atoms with van der Waals surface area (Å²) >= 11 is 0. The van der Waals surface area contributed by atoms with E-state index in [-0.39, 0.29) is 6.10 Å². The van der Waals surface area contributed by atoms with Gasteiger partial charge in [-0.2, -0.15) is 9.57 Å². The van der Waals surface area contributed by atoms with Gasteiger partial charge >= 0.3 is 0 Å². The minimum absolute atomic E-state index is 0.142. The molecular weight excluding hydrogens is 374 g/mol. The van der Waals surface area contributed by atoms with Gasteiger partial charge in [-0.15, -0.1) is 0 Å². The van der Waals surface area contributed by atoms with Crippen LogP contribution in [0.4, 0.5) is 0 Å². The maximum absolute atomic E-state index is 13.1. The van der Waals surface area contributed by atoms with Gasteiger partial charge < -0.3 is 4.74 Å². The largest absolute Gasteiger partial charge is 0.473 e. The van der Waals surface area contributed by atoms with Crippen molar-refractivity contribution in [3.05, 3.63) is 53.2 Å². The average Bonchev–Trinajstić information content (AvgIpc) is 2.74. The molecule has 2 aromatic rings. The van der Waals surface area contributed by atoms with Crippen molar-refractivity contribution >= 4 is 10.0 Å². The Bertz CT molecular complexity index is 1010. The number of hydrogen-bond acceptors (Lipinski definition) is 5. The third kappa shape index (κ3) is 3.75. The lowest BCUT2D eigenvalue weighted by molar-refractivity contribution is 0.129. The number of hydrogen-bond donors (Lipinski definition) is 0. The van der Waals surface area contributed by atoms with Crippen molar-refractivity contribution in [1.29, 1.82) is 5.26 Å². The zero-order valence-corrected chi connectivity index (χ0v) is 16.5. The Labute approximate surface area is 165 Å². The molecule has 0 atom stereocenters. The SMILES string of the molecule is N#Cc1cccnc1OC1CCN(S(=O)(=O)c2ccc3c(c2)CCCC3)CC1. The van der Waals surface area contributed by atoms with Gasteiger partial charge in [-0.3, -0.25) is 0 Å². The maximum Gasteiger partial charge on any atom is 0.243 e. The number of ether oxygens (including phenoxy) is 1. The molecule has 1 aromatic heterocycles. The molecule has 0 amide bonds. The summed E-state index contributed by atoms with van der Waals surface area (Å²) in [5, 5.41) is 9.15. The topological polar surface area (TPSA) is 83.3 Å². The highest BCUT2D eigenvalue weighted by atomic mass is 32.2. The third-order valence-corrected chi connectivity index (χ3v) is 7.42. The van der Waals surface area contributed by atoms with Gasteiger partial charge in [0.2, 0.25) is 15.9 Å². The first kappa shape index (κ1) is 18.9. The first-order chi connectivity index (χ1) is 13.6. The van der Waals surface area contributed by atoms with Crippen molar-refractivity contribution < 1.29 is 13.2 Å². The molecule has 0 saturated carbocycles. The van der Waals surface area contributed by atoms with E-state index in [1.807, 2.05) is 12.1 Å². The number of sulfonamides is 1. The van der Waals surface area contributed by atoms with Crippen LogP contribution in [0, 0.1) is 11.3 Å². The minimum atomic E-state index is -3.49. The number of piperidine rings is 1. The highest BCUT2D eigenvalue weighted by Crippen LogP contribution is 2.28. The Morgan fingerprint density at radius 3 is 2.61 bits per heavy atom. The van der Waals surface area contributed by atoms with Crippen molar-refractivity contribution in [2.75, 3.05) is 13.1 Å². The predicted molar refractivity (Wildman–Crippen MR) is 104 cm³/mol. The molecule has 1 aliphatic carbocycles. The molecule has 4 rings (SSSR count). The first-order valence-corrected chi connectivity index (χ1v) is 11.2. The van der Waals surface area contributed by atoms with E-state index in [1.54, 1.807) is 28.7 Å². The number of rotatable bonds is 4. The third-order valence-electron chi connectivity index (χ3n) is 5.53. The van der Waals surface area contributed by atoms with Gasteiger partial charge in [0, 0.05) is 19.3 Å². The predicted octanol–water partition coefficient (Wildman–Crippen LogP) is 3.06. The van der Waals surface area contributed by atoms with E-state index in [0.29, 0.717) is 42.3 Å². The molecule has 2 heterocycles. The van der Waals surface area contributed by atoms with Gasteiger partial charge in [0.15, 0.2) is 0 Å². The van der Waals surface area contributed by atoms with Crippen LogP contribution in [0.5, 0.6) is 5.88 Å². The van der Waals surface area contributed by atoms with Crippen molar-refractivity contribution in [1.82, 2.24) is 9.29 Å². The summed E-state index contributed by atoms with van der Waals surface area (Å²) in [5.74, 6) is 0.320. The Hall–Kier alpha value is -2.43. The second-order valence-corrected chi connectivity index (χ2v) is 9.26. The lowest BCUT2D eigenvalue weighted by Crippen LogP contribution is -2.41. The smallest absolute Gasteiger partial charge is 0.243 e. The highest BCUT2D eigenvalue weighted by molar-refractivity contribution is 7.89. The molecule has 0 N–H and O–H groups in total. The van der Waals surface area contributed by atoms with Crippen LogP contribution in [0.2, 0.25) is 0 Å². The minimum Gasteiger partial charge on any atom is -0.473 e. The maximum atomic E-state index is 13.1. The van der Waals surface area contributed by atoms with Gasteiger partial charge in [-0.25, -0.2) is 13.4 Å². The zero-order valence-electron chi connectivity index (χ0n) is 15.7. The summed E-state index contributed by atoms with van der Waals surface area (Å²) in [7, 11) is -3.49.